The average molecular weight is 556 g/mol. The number of ether oxygens (including phenoxy) is 4. The van der Waals surface area contributed by atoms with E-state index in [1.54, 1.807) is 0 Å². The monoisotopic (exact) mass is 555 g/mol. The van der Waals surface area contributed by atoms with Gasteiger partial charge in [0, 0.05) is 6.20 Å². The van der Waals surface area contributed by atoms with Crippen molar-refractivity contribution < 1.29 is 28.5 Å². The highest BCUT2D eigenvalue weighted by Crippen LogP contribution is 2.36. The van der Waals surface area contributed by atoms with Crippen LogP contribution in [-0.2, 0) is 38.8 Å². The van der Waals surface area contributed by atoms with E-state index < -0.39 is 36.4 Å². The zero-order chi connectivity index (χ0) is 28.6. The van der Waals surface area contributed by atoms with Crippen LogP contribution in [0.5, 0.6) is 0 Å². The number of rotatable bonds is 13. The van der Waals surface area contributed by atoms with Gasteiger partial charge < -0.3 is 35.0 Å². The molecule has 41 heavy (non-hydrogen) atoms. The Morgan fingerprint density at radius 3 is 1.73 bits per heavy atom. The van der Waals surface area contributed by atoms with Gasteiger partial charge >= 0.3 is 0 Å². The number of nitrogens with two attached hydrogens (primary N) is 2. The molecule has 9 nitrogen and oxygen atoms in total. The molecule has 0 spiro atoms. The maximum atomic E-state index is 12.4. The highest BCUT2D eigenvalue weighted by Gasteiger charge is 2.48. The molecule has 2 heterocycles. The van der Waals surface area contributed by atoms with Gasteiger partial charge in [0.2, 0.25) is 5.91 Å². The number of carbonyl (C=O) groups excluding carboxylic acids is 2. The molecule has 0 radical (unpaired) electrons. The first-order valence-electron chi connectivity index (χ1n) is 13.4. The van der Waals surface area contributed by atoms with Gasteiger partial charge in [0.15, 0.2) is 6.23 Å². The number of aromatic nitrogens is 1. The summed E-state index contributed by atoms with van der Waals surface area (Å²) < 4.78 is 27.0. The molecule has 1 aliphatic rings. The fourth-order valence-electron chi connectivity index (χ4n) is 4.87. The van der Waals surface area contributed by atoms with Crippen molar-refractivity contribution >= 4 is 11.8 Å². The van der Waals surface area contributed by atoms with Gasteiger partial charge in [-0.1, -0.05) is 91.0 Å². The predicted octanol–water partition coefficient (Wildman–Crippen LogP) is 3.97. The van der Waals surface area contributed by atoms with E-state index >= 15 is 0 Å². The molecule has 0 aliphatic carbocycles. The number of hydrogen-bond acceptors (Lipinski definition) is 6. The van der Waals surface area contributed by atoms with Crippen LogP contribution >= 0.6 is 0 Å². The molecule has 5 rings (SSSR count). The molecule has 2 amide bonds. The summed E-state index contributed by atoms with van der Waals surface area (Å²) in [7, 11) is 0. The predicted molar refractivity (Wildman–Crippen MR) is 152 cm³/mol. The average Bonchev–Trinajstić information content (AvgIpc) is 3.59. The third-order valence-electron chi connectivity index (χ3n) is 6.91. The second kappa shape index (κ2) is 13.4. The van der Waals surface area contributed by atoms with E-state index in [1.807, 2.05) is 91.0 Å². The van der Waals surface area contributed by atoms with Crippen molar-refractivity contribution in [2.24, 2.45) is 11.5 Å². The molecule has 0 saturated carbocycles. The Balaban J connectivity index is 1.45. The van der Waals surface area contributed by atoms with Gasteiger partial charge in [0.05, 0.1) is 32.0 Å². The first-order chi connectivity index (χ1) is 20.0. The Bertz CT molecular complexity index is 1430. The second-order valence-electron chi connectivity index (χ2n) is 9.84. The van der Waals surface area contributed by atoms with E-state index in [4.69, 9.17) is 30.4 Å². The Labute approximate surface area is 238 Å². The van der Waals surface area contributed by atoms with Crippen LogP contribution in [0.1, 0.15) is 43.8 Å². The lowest BCUT2D eigenvalue weighted by atomic mass is 10.1. The molecule has 1 saturated heterocycles. The first kappa shape index (κ1) is 28.3. The molecule has 4 N–H and O–H groups in total. The third kappa shape index (κ3) is 7.08. The van der Waals surface area contributed by atoms with Gasteiger partial charge in [0.25, 0.3) is 5.91 Å². The van der Waals surface area contributed by atoms with E-state index in [0.29, 0.717) is 13.2 Å². The zero-order valence-electron chi connectivity index (χ0n) is 22.5. The fraction of sp³-hybridized carbons (Fsp3) is 0.250. The summed E-state index contributed by atoms with van der Waals surface area (Å²) >= 11 is 0. The lowest BCUT2D eigenvalue weighted by Crippen LogP contribution is -2.38. The molecule has 0 unspecified atom stereocenters. The molecule has 1 aliphatic heterocycles. The van der Waals surface area contributed by atoms with Crippen molar-refractivity contribution in [2.75, 3.05) is 6.61 Å². The summed E-state index contributed by atoms with van der Waals surface area (Å²) in [5, 5.41) is 0. The first-order valence-corrected chi connectivity index (χ1v) is 13.4. The molecule has 3 aromatic carbocycles. The van der Waals surface area contributed by atoms with Crippen LogP contribution in [0.4, 0.5) is 0 Å². The summed E-state index contributed by atoms with van der Waals surface area (Å²) in [6.45, 7) is 1.16. The summed E-state index contributed by atoms with van der Waals surface area (Å²) in [6, 6.07) is 30.7. The minimum absolute atomic E-state index is 0.0739. The van der Waals surface area contributed by atoms with E-state index in [9.17, 15) is 9.59 Å². The molecule has 1 aromatic heterocycles. The highest BCUT2D eigenvalue weighted by molar-refractivity contribution is 5.98. The lowest BCUT2D eigenvalue weighted by molar-refractivity contribution is -0.0917. The Kier molecular flexibility index (Phi) is 9.22. The number of hydrogen-bond donors (Lipinski definition) is 2. The van der Waals surface area contributed by atoms with Crippen molar-refractivity contribution in [2.45, 2.75) is 44.4 Å². The molecule has 1 fully saturated rings. The molecular formula is C32H33N3O6. The van der Waals surface area contributed by atoms with E-state index in [-0.39, 0.29) is 24.5 Å². The van der Waals surface area contributed by atoms with Crippen molar-refractivity contribution in [3.8, 4) is 0 Å². The van der Waals surface area contributed by atoms with Crippen LogP contribution < -0.4 is 11.5 Å². The summed E-state index contributed by atoms with van der Waals surface area (Å²) in [5.41, 5.74) is 14.4. The maximum absolute atomic E-state index is 12.4. The van der Waals surface area contributed by atoms with Crippen LogP contribution in [0.15, 0.2) is 103 Å². The summed E-state index contributed by atoms with van der Waals surface area (Å²) in [5.74, 6) is -1.42. The van der Waals surface area contributed by atoms with E-state index in [2.05, 4.69) is 0 Å². The van der Waals surface area contributed by atoms with Crippen molar-refractivity contribution in [3.63, 3.8) is 0 Å². The van der Waals surface area contributed by atoms with E-state index in [0.717, 1.165) is 16.7 Å². The van der Waals surface area contributed by atoms with Crippen LogP contribution in [0.25, 0.3) is 0 Å². The maximum Gasteiger partial charge on any atom is 0.265 e. The Morgan fingerprint density at radius 2 is 1.22 bits per heavy atom. The minimum atomic E-state index is -0.847. The molecule has 0 bridgehead atoms. The normalized spacial score (nSPS) is 20.2. The number of amides is 2. The number of benzene rings is 3. The van der Waals surface area contributed by atoms with Gasteiger partial charge in [-0.2, -0.15) is 0 Å². The largest absolute Gasteiger partial charge is 0.374 e. The Hall–Kier alpha value is -4.28. The van der Waals surface area contributed by atoms with Crippen molar-refractivity contribution in [3.05, 3.63) is 131 Å². The topological polar surface area (TPSA) is 128 Å². The molecule has 4 aromatic rings. The van der Waals surface area contributed by atoms with Crippen LogP contribution in [-0.4, -0.2) is 41.3 Å². The second-order valence-corrected chi connectivity index (χ2v) is 9.84. The standard InChI is InChI=1S/C32H33N3O6/c33-30(36)25-16-26(31(34)37)35(17-25)32-29(40-20-24-14-8-3-9-15-24)28(39-19-23-12-6-2-7-13-23)27(41-32)21-38-18-22-10-4-1-5-11-22/h1-17,27-29,32H,18-21H2,(H2,33,36)(H2,34,37)/t27-,28-,29+,32-/m1/s1. The van der Waals surface area contributed by atoms with Gasteiger partial charge in [-0.05, 0) is 22.8 Å². The van der Waals surface area contributed by atoms with Crippen LogP contribution in [0.3, 0.4) is 0 Å². The summed E-state index contributed by atoms with van der Waals surface area (Å²) in [6.07, 6.45) is -1.21. The SMILES string of the molecule is NC(=O)c1cc(C(N)=O)n([C@@H]2O[C@H](COCc3ccccc3)[C@@H](OCc3ccccc3)[C@@H]2OCc2ccccc2)c1. The molecule has 212 valence electrons. The van der Waals surface area contributed by atoms with Gasteiger partial charge in [-0.15, -0.1) is 0 Å². The van der Waals surface area contributed by atoms with Gasteiger partial charge in [-0.25, -0.2) is 0 Å². The van der Waals surface area contributed by atoms with Gasteiger partial charge in [-0.3, -0.25) is 9.59 Å². The fourth-order valence-corrected chi connectivity index (χ4v) is 4.87. The number of primary amides is 2. The van der Waals surface area contributed by atoms with Crippen LogP contribution in [0.2, 0.25) is 0 Å². The third-order valence-corrected chi connectivity index (χ3v) is 6.91. The quantitative estimate of drug-likeness (QED) is 0.257. The number of carbonyl (C=O) groups is 2. The molecule has 9 heteroatoms. The smallest absolute Gasteiger partial charge is 0.265 e. The van der Waals surface area contributed by atoms with Gasteiger partial charge in [0.1, 0.15) is 24.0 Å². The van der Waals surface area contributed by atoms with Crippen molar-refractivity contribution in [1.82, 2.24) is 4.57 Å². The zero-order valence-corrected chi connectivity index (χ0v) is 22.5. The Morgan fingerprint density at radius 1 is 0.707 bits per heavy atom. The van der Waals surface area contributed by atoms with Crippen LogP contribution in [0, 0.1) is 0 Å². The number of nitrogens with zero attached hydrogens (tertiary/aromatic N) is 1. The van der Waals surface area contributed by atoms with E-state index in [1.165, 1.54) is 16.8 Å². The minimum Gasteiger partial charge on any atom is -0.374 e. The molecular weight excluding hydrogens is 522 g/mol. The lowest BCUT2D eigenvalue weighted by Gasteiger charge is -2.26. The van der Waals surface area contributed by atoms with Crippen molar-refractivity contribution in [1.29, 1.82) is 0 Å². The highest BCUT2D eigenvalue weighted by atomic mass is 16.6. The summed E-state index contributed by atoms with van der Waals surface area (Å²) in [4.78, 5) is 24.4. The molecule has 4 atom stereocenters.